The quantitative estimate of drug-likeness (QED) is 0.666. The molecule has 0 bridgehead atoms. The smallest absolute Gasteiger partial charge is 0.153 e. The third kappa shape index (κ3) is 2.07. The van der Waals surface area contributed by atoms with Crippen LogP contribution < -0.4 is 4.74 Å². The van der Waals surface area contributed by atoms with Gasteiger partial charge < -0.3 is 9.15 Å². The Morgan fingerprint density at radius 2 is 1.95 bits per heavy atom. The summed E-state index contributed by atoms with van der Waals surface area (Å²) in [5, 5.41) is 1.06. The van der Waals surface area contributed by atoms with Gasteiger partial charge in [0, 0.05) is 10.9 Å². The number of aryl methyl sites for hydroxylation is 1. The molecule has 3 nitrogen and oxygen atoms in total. The maximum absolute atomic E-state index is 11.1. The van der Waals surface area contributed by atoms with Gasteiger partial charge in [-0.1, -0.05) is 11.6 Å². The van der Waals surface area contributed by atoms with Gasteiger partial charge in [-0.15, -0.1) is 0 Å². The molecule has 0 fully saturated rings. The van der Waals surface area contributed by atoms with Gasteiger partial charge in [-0.25, -0.2) is 0 Å². The topological polar surface area (TPSA) is 39.4 Å². The molecule has 0 aliphatic rings. The second kappa shape index (κ2) is 4.85. The Kier molecular flexibility index (Phi) is 3.03. The highest BCUT2D eigenvalue weighted by Gasteiger charge is 2.09. The Morgan fingerprint density at radius 1 is 1.10 bits per heavy atom. The van der Waals surface area contributed by atoms with Crippen LogP contribution in [0.25, 0.3) is 22.3 Å². The van der Waals surface area contributed by atoms with Gasteiger partial charge in [0.1, 0.15) is 17.1 Å². The second-order valence-electron chi connectivity index (χ2n) is 4.73. The molecule has 0 saturated carbocycles. The van der Waals surface area contributed by atoms with Crippen molar-refractivity contribution in [2.75, 3.05) is 7.11 Å². The van der Waals surface area contributed by atoms with Gasteiger partial charge in [0.15, 0.2) is 6.29 Å². The molecule has 0 saturated heterocycles. The highest BCUT2D eigenvalue weighted by Crippen LogP contribution is 2.30. The Labute approximate surface area is 116 Å². The largest absolute Gasteiger partial charge is 0.496 e. The van der Waals surface area contributed by atoms with Crippen LogP contribution in [0.2, 0.25) is 0 Å². The number of hydrogen-bond donors (Lipinski definition) is 0. The van der Waals surface area contributed by atoms with Crippen molar-refractivity contribution in [1.29, 1.82) is 0 Å². The highest BCUT2D eigenvalue weighted by molar-refractivity contribution is 5.86. The lowest BCUT2D eigenvalue weighted by molar-refractivity contribution is 0.112. The molecule has 0 atom stereocenters. The average Bonchev–Trinajstić information content (AvgIpc) is 2.89. The van der Waals surface area contributed by atoms with Gasteiger partial charge >= 0.3 is 0 Å². The van der Waals surface area contributed by atoms with Crippen LogP contribution in [0.5, 0.6) is 5.75 Å². The van der Waals surface area contributed by atoms with Crippen LogP contribution in [0.3, 0.4) is 0 Å². The summed E-state index contributed by atoms with van der Waals surface area (Å²) in [4.78, 5) is 11.1. The first-order valence-electron chi connectivity index (χ1n) is 6.35. The standard InChI is InChI=1S/C17H14O3/c1-11-3-5-16-13(7-11)9-17(20-16)12-4-6-15(19-2)14(8-12)10-18/h3-10H,1-2H3. The maximum atomic E-state index is 11.1. The highest BCUT2D eigenvalue weighted by atomic mass is 16.5. The van der Waals surface area contributed by atoms with E-state index in [1.54, 1.807) is 19.2 Å². The number of rotatable bonds is 3. The number of carbonyl (C=O) groups excluding carboxylic acids is 1. The number of benzene rings is 2. The molecule has 0 aliphatic heterocycles. The minimum Gasteiger partial charge on any atom is -0.496 e. The van der Waals surface area contributed by atoms with Gasteiger partial charge in [-0.2, -0.15) is 0 Å². The first-order chi connectivity index (χ1) is 9.71. The van der Waals surface area contributed by atoms with E-state index in [0.717, 1.165) is 28.6 Å². The van der Waals surface area contributed by atoms with Crippen molar-refractivity contribution in [3.63, 3.8) is 0 Å². The lowest BCUT2D eigenvalue weighted by atomic mass is 10.1. The third-order valence-electron chi connectivity index (χ3n) is 3.31. The summed E-state index contributed by atoms with van der Waals surface area (Å²) in [5.74, 6) is 1.31. The fourth-order valence-corrected chi connectivity index (χ4v) is 2.28. The minimum atomic E-state index is 0.515. The number of carbonyl (C=O) groups is 1. The zero-order valence-corrected chi connectivity index (χ0v) is 11.3. The summed E-state index contributed by atoms with van der Waals surface area (Å²) in [6.45, 7) is 2.05. The molecule has 100 valence electrons. The summed E-state index contributed by atoms with van der Waals surface area (Å²) in [5.41, 5.74) is 3.41. The predicted molar refractivity (Wildman–Crippen MR) is 78.3 cm³/mol. The van der Waals surface area contributed by atoms with Gasteiger partial charge in [-0.05, 0) is 43.3 Å². The van der Waals surface area contributed by atoms with Crippen molar-refractivity contribution < 1.29 is 13.9 Å². The number of ether oxygens (including phenoxy) is 1. The van der Waals surface area contributed by atoms with Crippen LogP contribution in [-0.2, 0) is 0 Å². The van der Waals surface area contributed by atoms with Crippen molar-refractivity contribution >= 4 is 17.3 Å². The number of methoxy groups -OCH3 is 1. The predicted octanol–water partition coefficient (Wildman–Crippen LogP) is 4.23. The average molecular weight is 266 g/mol. The summed E-state index contributed by atoms with van der Waals surface area (Å²) >= 11 is 0. The number of hydrogen-bond acceptors (Lipinski definition) is 3. The number of furan rings is 1. The van der Waals surface area contributed by atoms with E-state index in [9.17, 15) is 4.79 Å². The molecule has 0 aliphatic carbocycles. The Morgan fingerprint density at radius 3 is 2.70 bits per heavy atom. The van der Waals surface area contributed by atoms with Crippen LogP contribution in [0, 0.1) is 6.92 Å². The van der Waals surface area contributed by atoms with Crippen LogP contribution in [0.15, 0.2) is 46.9 Å². The van der Waals surface area contributed by atoms with Crippen molar-refractivity contribution in [3.8, 4) is 17.1 Å². The van der Waals surface area contributed by atoms with E-state index in [4.69, 9.17) is 9.15 Å². The van der Waals surface area contributed by atoms with Crippen molar-refractivity contribution in [2.24, 2.45) is 0 Å². The number of aldehydes is 1. The summed E-state index contributed by atoms with van der Waals surface area (Å²) in [7, 11) is 1.55. The van der Waals surface area contributed by atoms with Crippen LogP contribution >= 0.6 is 0 Å². The molecule has 3 aromatic rings. The van der Waals surface area contributed by atoms with Gasteiger partial charge in [0.05, 0.1) is 12.7 Å². The fourth-order valence-electron chi connectivity index (χ4n) is 2.28. The molecule has 2 aromatic carbocycles. The van der Waals surface area contributed by atoms with E-state index in [-0.39, 0.29) is 0 Å². The summed E-state index contributed by atoms with van der Waals surface area (Å²) < 4.78 is 11.0. The SMILES string of the molecule is COc1ccc(-c2cc3cc(C)ccc3o2)cc1C=O. The fraction of sp³-hybridized carbons (Fsp3) is 0.118. The van der Waals surface area contributed by atoms with Crippen molar-refractivity contribution in [3.05, 3.63) is 53.6 Å². The number of fused-ring (bicyclic) bond motifs is 1. The molecule has 20 heavy (non-hydrogen) atoms. The van der Waals surface area contributed by atoms with Crippen molar-refractivity contribution in [1.82, 2.24) is 0 Å². The molecule has 0 N–H and O–H groups in total. The molecule has 0 spiro atoms. The molecule has 0 unspecified atom stereocenters. The first kappa shape index (κ1) is 12.5. The Hall–Kier alpha value is -2.55. The van der Waals surface area contributed by atoms with Gasteiger partial charge in [0.2, 0.25) is 0 Å². The zero-order chi connectivity index (χ0) is 14.1. The van der Waals surface area contributed by atoms with Crippen molar-refractivity contribution in [2.45, 2.75) is 6.92 Å². The van der Waals surface area contributed by atoms with Crippen LogP contribution in [0.4, 0.5) is 0 Å². The van der Waals surface area contributed by atoms with E-state index in [0.29, 0.717) is 11.3 Å². The molecule has 1 aromatic heterocycles. The van der Waals surface area contributed by atoms with E-state index in [1.165, 1.54) is 5.56 Å². The second-order valence-corrected chi connectivity index (χ2v) is 4.73. The molecule has 0 radical (unpaired) electrons. The molecule has 3 heteroatoms. The van der Waals surface area contributed by atoms with E-state index in [2.05, 4.69) is 6.07 Å². The molecule has 3 rings (SSSR count). The maximum Gasteiger partial charge on any atom is 0.153 e. The normalized spacial score (nSPS) is 10.7. The van der Waals surface area contributed by atoms with Crippen LogP contribution in [0.1, 0.15) is 15.9 Å². The van der Waals surface area contributed by atoms with Crippen LogP contribution in [-0.4, -0.2) is 13.4 Å². The summed E-state index contributed by atoms with van der Waals surface area (Å²) in [6.07, 6.45) is 0.787. The van der Waals surface area contributed by atoms with Gasteiger partial charge in [0.25, 0.3) is 0 Å². The zero-order valence-electron chi connectivity index (χ0n) is 11.3. The lowest BCUT2D eigenvalue weighted by Crippen LogP contribution is -1.90. The molecular weight excluding hydrogens is 252 g/mol. The first-order valence-corrected chi connectivity index (χ1v) is 6.35. The minimum absolute atomic E-state index is 0.515. The monoisotopic (exact) mass is 266 g/mol. The third-order valence-corrected chi connectivity index (χ3v) is 3.31. The molecule has 1 heterocycles. The Balaban J connectivity index is 2.12. The Bertz CT molecular complexity index is 784. The van der Waals surface area contributed by atoms with Gasteiger partial charge in [-0.3, -0.25) is 4.79 Å². The van der Waals surface area contributed by atoms with E-state index in [1.807, 2.05) is 31.2 Å². The van der Waals surface area contributed by atoms with E-state index < -0.39 is 0 Å². The van der Waals surface area contributed by atoms with E-state index >= 15 is 0 Å². The molecular formula is C17H14O3. The summed E-state index contributed by atoms with van der Waals surface area (Å²) in [6, 6.07) is 13.5. The lowest BCUT2D eigenvalue weighted by Gasteiger charge is -2.04. The molecule has 0 amide bonds.